The summed E-state index contributed by atoms with van der Waals surface area (Å²) in [4.78, 5) is 14.6. The third-order valence-electron chi connectivity index (χ3n) is 3.87. The van der Waals surface area contributed by atoms with Crippen LogP contribution < -0.4 is 0 Å². The van der Waals surface area contributed by atoms with Gasteiger partial charge in [0.2, 0.25) is 0 Å². The van der Waals surface area contributed by atoms with E-state index in [4.69, 9.17) is 11.6 Å². The highest BCUT2D eigenvalue weighted by Crippen LogP contribution is 2.24. The molecule has 0 N–H and O–H groups in total. The van der Waals surface area contributed by atoms with Gasteiger partial charge in [-0.3, -0.25) is 4.79 Å². The minimum atomic E-state index is 0.00843. The maximum Gasteiger partial charge on any atom is 0.255 e. The Balaban J connectivity index is 1.82. The lowest BCUT2D eigenvalue weighted by atomic mass is 10.0. The number of carbonyl (C=O) groups is 1. The number of benzene rings is 2. The fourth-order valence-corrected chi connectivity index (χ4v) is 3.26. The molecule has 2 aromatic rings. The van der Waals surface area contributed by atoms with Crippen molar-refractivity contribution in [1.29, 1.82) is 0 Å². The fraction of sp³-hybridized carbons (Fsp3) is 0.235. The molecule has 0 aliphatic carbocycles. The molecule has 0 unspecified atom stereocenters. The van der Waals surface area contributed by atoms with Gasteiger partial charge in [0.1, 0.15) is 0 Å². The number of halogens is 2. The summed E-state index contributed by atoms with van der Waals surface area (Å²) in [6.07, 6.45) is 1.79. The second-order valence-corrected chi connectivity index (χ2v) is 6.51. The van der Waals surface area contributed by atoms with E-state index in [1.165, 1.54) is 11.1 Å². The molecule has 2 nitrogen and oxygen atoms in total. The number of carbonyl (C=O) groups excluding carboxylic acids is 1. The average molecular weight is 365 g/mol. The van der Waals surface area contributed by atoms with Crippen LogP contribution in [0.15, 0.2) is 46.9 Å². The minimum absolute atomic E-state index is 0.00843. The highest BCUT2D eigenvalue weighted by Gasteiger charge is 2.21. The van der Waals surface area contributed by atoms with Crippen molar-refractivity contribution in [3.8, 4) is 0 Å². The Morgan fingerprint density at radius 1 is 1.05 bits per heavy atom. The summed E-state index contributed by atoms with van der Waals surface area (Å²) in [6, 6.07) is 13.8. The number of hydrogen-bond donors (Lipinski definition) is 0. The second-order valence-electron chi connectivity index (χ2n) is 5.19. The standard InChI is InChI=1S/C17H15BrClNO/c18-14-5-6-16(19)15(11-14)17(21)20-9-7-12-3-1-2-4-13(12)8-10-20/h1-6,11H,7-10H2. The van der Waals surface area contributed by atoms with Crippen molar-refractivity contribution in [2.75, 3.05) is 13.1 Å². The van der Waals surface area contributed by atoms with Crippen molar-refractivity contribution >= 4 is 33.4 Å². The third-order valence-corrected chi connectivity index (χ3v) is 4.69. The Bertz CT molecular complexity index is 659. The summed E-state index contributed by atoms with van der Waals surface area (Å²) in [5.41, 5.74) is 3.25. The molecule has 4 heteroatoms. The van der Waals surface area contributed by atoms with Gasteiger partial charge < -0.3 is 4.90 Å². The molecule has 0 bridgehead atoms. The summed E-state index contributed by atoms with van der Waals surface area (Å²) in [6.45, 7) is 1.47. The molecular formula is C17H15BrClNO. The summed E-state index contributed by atoms with van der Waals surface area (Å²) < 4.78 is 0.869. The first kappa shape index (κ1) is 14.6. The molecule has 0 aromatic heterocycles. The second kappa shape index (κ2) is 6.20. The first-order chi connectivity index (χ1) is 10.1. The van der Waals surface area contributed by atoms with Crippen LogP contribution in [0.3, 0.4) is 0 Å². The Morgan fingerprint density at radius 2 is 1.67 bits per heavy atom. The highest BCUT2D eigenvalue weighted by molar-refractivity contribution is 9.10. The summed E-state index contributed by atoms with van der Waals surface area (Å²) in [5.74, 6) is 0.00843. The smallest absolute Gasteiger partial charge is 0.255 e. The normalized spacial score (nSPS) is 14.5. The molecule has 0 saturated heterocycles. The largest absolute Gasteiger partial charge is 0.338 e. The van der Waals surface area contributed by atoms with Crippen molar-refractivity contribution in [1.82, 2.24) is 4.90 Å². The van der Waals surface area contributed by atoms with Gasteiger partial charge in [0.15, 0.2) is 0 Å². The quantitative estimate of drug-likeness (QED) is 0.737. The van der Waals surface area contributed by atoms with Crippen LogP contribution in [0, 0.1) is 0 Å². The zero-order valence-corrected chi connectivity index (χ0v) is 13.8. The number of hydrogen-bond acceptors (Lipinski definition) is 1. The zero-order chi connectivity index (χ0) is 14.8. The average Bonchev–Trinajstić information content (AvgIpc) is 2.71. The summed E-state index contributed by atoms with van der Waals surface area (Å²) in [5, 5.41) is 0.505. The van der Waals surface area contributed by atoms with E-state index in [9.17, 15) is 4.79 Å². The van der Waals surface area contributed by atoms with Gasteiger partial charge in [0.05, 0.1) is 10.6 Å². The number of fused-ring (bicyclic) bond motifs is 1. The van der Waals surface area contributed by atoms with Crippen LogP contribution in [-0.2, 0) is 12.8 Å². The van der Waals surface area contributed by atoms with Crippen molar-refractivity contribution in [2.45, 2.75) is 12.8 Å². The summed E-state index contributed by atoms with van der Waals surface area (Å²) >= 11 is 9.57. The van der Waals surface area contributed by atoms with E-state index in [-0.39, 0.29) is 5.91 Å². The van der Waals surface area contributed by atoms with Crippen molar-refractivity contribution in [2.24, 2.45) is 0 Å². The molecule has 1 aliphatic heterocycles. The lowest BCUT2D eigenvalue weighted by Gasteiger charge is -2.21. The van der Waals surface area contributed by atoms with Gasteiger partial charge >= 0.3 is 0 Å². The predicted molar refractivity (Wildman–Crippen MR) is 88.9 cm³/mol. The third kappa shape index (κ3) is 3.14. The molecule has 0 spiro atoms. The molecule has 0 fully saturated rings. The van der Waals surface area contributed by atoms with E-state index in [1.54, 1.807) is 12.1 Å². The van der Waals surface area contributed by atoms with E-state index in [0.29, 0.717) is 10.6 Å². The molecule has 1 aliphatic rings. The van der Waals surface area contributed by atoms with Gasteiger partial charge in [-0.25, -0.2) is 0 Å². The van der Waals surface area contributed by atoms with Crippen LogP contribution in [0.5, 0.6) is 0 Å². The van der Waals surface area contributed by atoms with Crippen LogP contribution in [-0.4, -0.2) is 23.9 Å². The lowest BCUT2D eigenvalue weighted by molar-refractivity contribution is 0.0763. The summed E-state index contributed by atoms with van der Waals surface area (Å²) in [7, 11) is 0. The molecule has 108 valence electrons. The number of rotatable bonds is 1. The molecule has 3 rings (SSSR count). The molecule has 0 atom stereocenters. The monoisotopic (exact) mass is 363 g/mol. The van der Waals surface area contributed by atoms with Crippen LogP contribution in [0.4, 0.5) is 0 Å². The van der Waals surface area contributed by atoms with E-state index < -0.39 is 0 Å². The maximum atomic E-state index is 12.7. The van der Waals surface area contributed by atoms with E-state index in [1.807, 2.05) is 11.0 Å². The van der Waals surface area contributed by atoms with Gasteiger partial charge in [-0.05, 0) is 42.2 Å². The highest BCUT2D eigenvalue weighted by atomic mass is 79.9. The van der Waals surface area contributed by atoms with Crippen LogP contribution in [0.2, 0.25) is 5.02 Å². The van der Waals surface area contributed by atoms with Crippen molar-refractivity contribution < 1.29 is 4.79 Å². The molecule has 1 heterocycles. The topological polar surface area (TPSA) is 20.3 Å². The first-order valence-corrected chi connectivity index (χ1v) is 8.13. The van der Waals surface area contributed by atoms with Gasteiger partial charge in [0.25, 0.3) is 5.91 Å². The number of nitrogens with zero attached hydrogens (tertiary/aromatic N) is 1. The van der Waals surface area contributed by atoms with E-state index in [0.717, 1.165) is 30.4 Å². The minimum Gasteiger partial charge on any atom is -0.338 e. The fourth-order valence-electron chi connectivity index (χ4n) is 2.70. The SMILES string of the molecule is O=C(c1cc(Br)ccc1Cl)N1CCc2ccccc2CC1. The first-order valence-electron chi connectivity index (χ1n) is 6.96. The zero-order valence-electron chi connectivity index (χ0n) is 11.5. The Labute approximate surface area is 137 Å². The van der Waals surface area contributed by atoms with Gasteiger partial charge in [-0.15, -0.1) is 0 Å². The van der Waals surface area contributed by atoms with E-state index in [2.05, 4.69) is 40.2 Å². The molecule has 0 radical (unpaired) electrons. The molecular weight excluding hydrogens is 350 g/mol. The molecule has 2 aromatic carbocycles. The Kier molecular flexibility index (Phi) is 4.32. The number of amides is 1. The molecule has 0 saturated carbocycles. The molecule has 1 amide bonds. The van der Waals surface area contributed by atoms with Crippen LogP contribution in [0.25, 0.3) is 0 Å². The van der Waals surface area contributed by atoms with Crippen molar-refractivity contribution in [3.05, 3.63) is 68.7 Å². The Morgan fingerprint density at radius 3 is 2.29 bits per heavy atom. The predicted octanol–water partition coefficient (Wildman–Crippen LogP) is 4.34. The lowest BCUT2D eigenvalue weighted by Crippen LogP contribution is -2.33. The van der Waals surface area contributed by atoms with Crippen LogP contribution in [0.1, 0.15) is 21.5 Å². The van der Waals surface area contributed by atoms with E-state index >= 15 is 0 Å². The van der Waals surface area contributed by atoms with Crippen LogP contribution >= 0.6 is 27.5 Å². The van der Waals surface area contributed by atoms with Gasteiger partial charge in [0, 0.05) is 17.6 Å². The van der Waals surface area contributed by atoms with Crippen molar-refractivity contribution in [3.63, 3.8) is 0 Å². The molecule has 21 heavy (non-hydrogen) atoms. The maximum absolute atomic E-state index is 12.7. The van der Waals surface area contributed by atoms with Gasteiger partial charge in [-0.2, -0.15) is 0 Å². The Hall–Kier alpha value is -1.32. The van der Waals surface area contributed by atoms with Gasteiger partial charge in [-0.1, -0.05) is 51.8 Å².